The molecule has 2 nitrogen and oxygen atoms in total. The first-order valence-electron chi connectivity index (χ1n) is 4.74. The van der Waals surface area contributed by atoms with Crippen molar-refractivity contribution in [2.24, 2.45) is 0 Å². The molecular weight excluding hydrogens is 206 g/mol. The van der Waals surface area contributed by atoms with Crippen LogP contribution in [0.2, 0.25) is 0 Å². The lowest BCUT2D eigenvalue weighted by atomic mass is 10.2. The van der Waals surface area contributed by atoms with Gasteiger partial charge in [0.05, 0.1) is 0 Å². The van der Waals surface area contributed by atoms with Crippen molar-refractivity contribution in [3.8, 4) is 10.8 Å². The number of aromatic nitrogens is 1. The quantitative estimate of drug-likeness (QED) is 0.616. The van der Waals surface area contributed by atoms with E-state index >= 15 is 0 Å². The molecule has 0 saturated heterocycles. The summed E-state index contributed by atoms with van der Waals surface area (Å²) in [5, 5.41) is 4.10. The Labute approximate surface area is 91.2 Å². The summed E-state index contributed by atoms with van der Waals surface area (Å²) < 4.78 is 5.72. The van der Waals surface area contributed by atoms with Gasteiger partial charge in [0, 0.05) is 16.5 Å². The van der Waals surface area contributed by atoms with Crippen LogP contribution in [-0.2, 0) is 0 Å². The maximum atomic E-state index is 5.72. The Morgan fingerprint density at radius 3 is 2.87 bits per heavy atom. The highest BCUT2D eigenvalue weighted by molar-refractivity contribution is 7.13. The van der Waals surface area contributed by atoms with Crippen molar-refractivity contribution in [1.82, 2.24) is 4.98 Å². The third-order valence-electron chi connectivity index (χ3n) is 2.26. The number of fused-ring (bicyclic) bond motifs is 1. The third kappa shape index (κ3) is 1.45. The van der Waals surface area contributed by atoms with Crippen molar-refractivity contribution in [2.75, 3.05) is 0 Å². The molecule has 0 atom stereocenters. The fourth-order valence-corrected chi connectivity index (χ4v) is 2.30. The van der Waals surface area contributed by atoms with Gasteiger partial charge in [0.25, 0.3) is 0 Å². The largest absolute Gasteiger partial charge is 0.454 e. The number of hydrogen-bond acceptors (Lipinski definition) is 3. The lowest BCUT2D eigenvalue weighted by molar-refractivity contribution is 0.630. The van der Waals surface area contributed by atoms with E-state index in [4.69, 9.17) is 4.42 Å². The van der Waals surface area contributed by atoms with Gasteiger partial charge >= 0.3 is 0 Å². The van der Waals surface area contributed by atoms with Crippen molar-refractivity contribution in [3.63, 3.8) is 0 Å². The highest BCUT2D eigenvalue weighted by atomic mass is 32.1. The summed E-state index contributed by atoms with van der Waals surface area (Å²) in [5.74, 6) is 0.856. The van der Waals surface area contributed by atoms with Gasteiger partial charge in [-0.2, -0.15) is 0 Å². The van der Waals surface area contributed by atoms with Gasteiger partial charge in [0.15, 0.2) is 10.8 Å². The molecule has 15 heavy (non-hydrogen) atoms. The number of furan rings is 1. The molecule has 3 heteroatoms. The lowest BCUT2D eigenvalue weighted by Gasteiger charge is -1.86. The predicted octanol–water partition coefficient (Wildman–Crippen LogP) is 3.86. The smallest absolute Gasteiger partial charge is 0.164 e. The van der Waals surface area contributed by atoms with Gasteiger partial charge in [-0.25, -0.2) is 4.98 Å². The van der Waals surface area contributed by atoms with Crippen molar-refractivity contribution >= 4 is 22.3 Å². The SMILES string of the molecule is Cc1csc(-c2cc3ccccc3o2)n1. The first-order valence-corrected chi connectivity index (χ1v) is 5.62. The fraction of sp³-hybridized carbons (Fsp3) is 0.0833. The van der Waals surface area contributed by atoms with Gasteiger partial charge in [-0.15, -0.1) is 11.3 Å². The topological polar surface area (TPSA) is 26.0 Å². The summed E-state index contributed by atoms with van der Waals surface area (Å²) in [5.41, 5.74) is 1.95. The molecule has 1 aromatic carbocycles. The molecule has 3 aromatic rings. The maximum Gasteiger partial charge on any atom is 0.164 e. The zero-order valence-electron chi connectivity index (χ0n) is 8.23. The first-order chi connectivity index (χ1) is 7.33. The molecule has 0 bridgehead atoms. The Bertz CT molecular complexity index is 576. The third-order valence-corrected chi connectivity index (χ3v) is 3.23. The Morgan fingerprint density at radius 2 is 2.13 bits per heavy atom. The molecule has 0 aliphatic rings. The fourth-order valence-electron chi connectivity index (χ4n) is 1.55. The van der Waals surface area contributed by atoms with Crippen LogP contribution < -0.4 is 0 Å². The van der Waals surface area contributed by atoms with E-state index in [0.29, 0.717) is 0 Å². The summed E-state index contributed by atoms with van der Waals surface area (Å²) >= 11 is 1.61. The van der Waals surface area contributed by atoms with E-state index in [-0.39, 0.29) is 0 Å². The minimum absolute atomic E-state index is 0.856. The van der Waals surface area contributed by atoms with Crippen molar-refractivity contribution in [1.29, 1.82) is 0 Å². The molecule has 2 aromatic heterocycles. The van der Waals surface area contributed by atoms with Crippen LogP contribution in [0, 0.1) is 6.92 Å². The molecule has 74 valence electrons. The molecule has 0 saturated carbocycles. The molecular formula is C12H9NOS. The van der Waals surface area contributed by atoms with Gasteiger partial charge < -0.3 is 4.42 Å². The Hall–Kier alpha value is -1.61. The number of benzene rings is 1. The van der Waals surface area contributed by atoms with E-state index in [1.165, 1.54) is 0 Å². The number of para-hydroxylation sites is 1. The summed E-state index contributed by atoms with van der Waals surface area (Å²) in [7, 11) is 0. The second-order valence-electron chi connectivity index (χ2n) is 3.44. The molecule has 0 amide bonds. The second kappa shape index (κ2) is 3.21. The van der Waals surface area contributed by atoms with Crippen molar-refractivity contribution in [3.05, 3.63) is 41.4 Å². The van der Waals surface area contributed by atoms with Crippen LogP contribution in [-0.4, -0.2) is 4.98 Å². The predicted molar refractivity (Wildman–Crippen MR) is 62.1 cm³/mol. The van der Waals surface area contributed by atoms with Crippen molar-refractivity contribution < 1.29 is 4.42 Å². The highest BCUT2D eigenvalue weighted by Crippen LogP contribution is 2.29. The number of thiazole rings is 1. The van der Waals surface area contributed by atoms with Gasteiger partial charge in [-0.1, -0.05) is 18.2 Å². The first kappa shape index (κ1) is 8.68. The number of aryl methyl sites for hydroxylation is 1. The minimum Gasteiger partial charge on any atom is -0.454 e. The minimum atomic E-state index is 0.856. The monoisotopic (exact) mass is 215 g/mol. The average Bonchev–Trinajstić information content (AvgIpc) is 2.82. The standard InChI is InChI=1S/C12H9NOS/c1-8-7-15-12(13-8)11-6-9-4-2-3-5-10(9)14-11/h2-7H,1H3. The summed E-state index contributed by atoms with van der Waals surface area (Å²) in [4.78, 5) is 4.40. The zero-order chi connectivity index (χ0) is 10.3. The van der Waals surface area contributed by atoms with Crippen LogP contribution in [0.25, 0.3) is 21.7 Å². The number of hydrogen-bond donors (Lipinski definition) is 0. The Kier molecular flexibility index (Phi) is 1.86. The Balaban J connectivity index is 2.19. The molecule has 0 fully saturated rings. The molecule has 0 aliphatic heterocycles. The van der Waals surface area contributed by atoms with E-state index in [1.54, 1.807) is 11.3 Å². The van der Waals surface area contributed by atoms with Gasteiger partial charge in [-0.3, -0.25) is 0 Å². The molecule has 2 heterocycles. The van der Waals surface area contributed by atoms with Crippen LogP contribution in [0.3, 0.4) is 0 Å². The summed E-state index contributed by atoms with van der Waals surface area (Å²) in [6.07, 6.45) is 0. The molecule has 0 spiro atoms. The van der Waals surface area contributed by atoms with Crippen molar-refractivity contribution in [2.45, 2.75) is 6.92 Å². The van der Waals surface area contributed by atoms with Crippen LogP contribution in [0.5, 0.6) is 0 Å². The van der Waals surface area contributed by atoms with E-state index in [1.807, 2.05) is 42.6 Å². The van der Waals surface area contributed by atoms with E-state index < -0.39 is 0 Å². The van der Waals surface area contributed by atoms with Crippen LogP contribution >= 0.6 is 11.3 Å². The van der Waals surface area contributed by atoms with E-state index in [2.05, 4.69) is 4.98 Å². The van der Waals surface area contributed by atoms with Gasteiger partial charge in [0.2, 0.25) is 0 Å². The van der Waals surface area contributed by atoms with Crippen LogP contribution in [0.15, 0.2) is 40.1 Å². The van der Waals surface area contributed by atoms with Gasteiger partial charge in [0.1, 0.15) is 5.58 Å². The highest BCUT2D eigenvalue weighted by Gasteiger charge is 2.08. The van der Waals surface area contributed by atoms with Crippen LogP contribution in [0.1, 0.15) is 5.69 Å². The summed E-state index contributed by atoms with van der Waals surface area (Å²) in [6.45, 7) is 1.99. The zero-order valence-corrected chi connectivity index (χ0v) is 9.04. The summed E-state index contributed by atoms with van der Waals surface area (Å²) in [6, 6.07) is 10.0. The maximum absolute atomic E-state index is 5.72. The number of nitrogens with zero attached hydrogens (tertiary/aromatic N) is 1. The van der Waals surface area contributed by atoms with Crippen LogP contribution in [0.4, 0.5) is 0 Å². The molecule has 3 rings (SSSR count). The molecule has 0 radical (unpaired) electrons. The second-order valence-corrected chi connectivity index (χ2v) is 4.30. The van der Waals surface area contributed by atoms with Gasteiger partial charge in [-0.05, 0) is 19.1 Å². The molecule has 0 N–H and O–H groups in total. The normalized spacial score (nSPS) is 11.0. The Morgan fingerprint density at radius 1 is 1.27 bits per heavy atom. The average molecular weight is 215 g/mol. The number of rotatable bonds is 1. The van der Waals surface area contributed by atoms with E-state index in [9.17, 15) is 0 Å². The molecule has 0 unspecified atom stereocenters. The van der Waals surface area contributed by atoms with E-state index in [0.717, 1.165) is 27.4 Å². The lowest BCUT2D eigenvalue weighted by Crippen LogP contribution is -1.71. The molecule has 0 aliphatic carbocycles.